The Kier molecular flexibility index (Phi) is 3.14. The summed E-state index contributed by atoms with van der Waals surface area (Å²) in [5.74, 6) is 1.08. The molecular weight excluding hydrogens is 218 g/mol. The number of ether oxygens (including phenoxy) is 2. The molecule has 1 N–H and O–H groups in total. The number of hydrogen-bond acceptors (Lipinski definition) is 3. The number of aromatic nitrogens is 1. The topological polar surface area (TPSA) is 51.3 Å². The van der Waals surface area contributed by atoms with Gasteiger partial charge >= 0.3 is 0 Å². The minimum atomic E-state index is -0.0732. The number of nitrogens with one attached hydrogen (secondary N) is 1. The first kappa shape index (κ1) is 11.3. The third-order valence-electron chi connectivity index (χ3n) is 2.49. The third kappa shape index (κ3) is 2.15. The highest BCUT2D eigenvalue weighted by molar-refractivity contribution is 6.08. The van der Waals surface area contributed by atoms with Crippen LogP contribution in [0, 0.1) is 0 Å². The van der Waals surface area contributed by atoms with E-state index < -0.39 is 0 Å². The van der Waals surface area contributed by atoms with Crippen molar-refractivity contribution in [2.75, 3.05) is 14.2 Å². The summed E-state index contributed by atoms with van der Waals surface area (Å²) in [6, 6.07) is 8.62. The van der Waals surface area contributed by atoms with E-state index in [0.29, 0.717) is 22.8 Å². The second-order valence-corrected chi connectivity index (χ2v) is 3.48. The SMILES string of the molecule is COc1ccc(C(=O)c2ccc[nH]2)cc1OC. The van der Waals surface area contributed by atoms with Crippen molar-refractivity contribution in [3.8, 4) is 11.5 Å². The van der Waals surface area contributed by atoms with Crippen LogP contribution >= 0.6 is 0 Å². The van der Waals surface area contributed by atoms with Gasteiger partial charge in [-0.3, -0.25) is 4.79 Å². The van der Waals surface area contributed by atoms with E-state index in [0.717, 1.165) is 0 Å². The van der Waals surface area contributed by atoms with Crippen LogP contribution in [0.5, 0.6) is 11.5 Å². The Balaban J connectivity index is 2.37. The maximum Gasteiger partial charge on any atom is 0.209 e. The van der Waals surface area contributed by atoms with Gasteiger partial charge in [-0.2, -0.15) is 0 Å². The van der Waals surface area contributed by atoms with Gasteiger partial charge in [0.25, 0.3) is 0 Å². The average Bonchev–Trinajstić information content (AvgIpc) is 2.90. The summed E-state index contributed by atoms with van der Waals surface area (Å²) < 4.78 is 10.3. The van der Waals surface area contributed by atoms with Crippen LogP contribution in [0.4, 0.5) is 0 Å². The molecule has 0 amide bonds. The predicted octanol–water partition coefficient (Wildman–Crippen LogP) is 2.26. The van der Waals surface area contributed by atoms with E-state index in [9.17, 15) is 4.79 Å². The van der Waals surface area contributed by atoms with E-state index in [1.54, 1.807) is 50.7 Å². The Labute approximate surface area is 99.2 Å². The van der Waals surface area contributed by atoms with Crippen molar-refractivity contribution in [3.63, 3.8) is 0 Å². The Morgan fingerprint density at radius 2 is 1.88 bits per heavy atom. The standard InChI is InChI=1S/C13H13NO3/c1-16-11-6-5-9(8-12(11)17-2)13(15)10-4-3-7-14-10/h3-8,14H,1-2H3. The highest BCUT2D eigenvalue weighted by Gasteiger charge is 2.12. The highest BCUT2D eigenvalue weighted by Crippen LogP contribution is 2.28. The van der Waals surface area contributed by atoms with Crippen LogP contribution in [0.3, 0.4) is 0 Å². The molecule has 0 radical (unpaired) electrons. The second kappa shape index (κ2) is 4.74. The zero-order valence-electron chi connectivity index (χ0n) is 9.69. The number of methoxy groups -OCH3 is 2. The molecule has 4 heteroatoms. The van der Waals surface area contributed by atoms with Gasteiger partial charge in [-0.15, -0.1) is 0 Å². The Hall–Kier alpha value is -2.23. The van der Waals surface area contributed by atoms with E-state index in [2.05, 4.69) is 4.98 Å². The lowest BCUT2D eigenvalue weighted by atomic mass is 10.1. The number of carbonyl (C=O) groups is 1. The summed E-state index contributed by atoms with van der Waals surface area (Å²) in [5.41, 5.74) is 1.11. The number of ketones is 1. The molecule has 2 rings (SSSR count). The van der Waals surface area contributed by atoms with Crippen LogP contribution in [-0.2, 0) is 0 Å². The third-order valence-corrected chi connectivity index (χ3v) is 2.49. The molecule has 0 atom stereocenters. The Bertz CT molecular complexity index is 517. The van der Waals surface area contributed by atoms with E-state index in [-0.39, 0.29) is 5.78 Å². The predicted molar refractivity (Wildman–Crippen MR) is 63.8 cm³/mol. The molecule has 1 aromatic carbocycles. The zero-order chi connectivity index (χ0) is 12.3. The first-order valence-electron chi connectivity index (χ1n) is 5.16. The first-order chi connectivity index (χ1) is 8.26. The normalized spacial score (nSPS) is 10.0. The highest BCUT2D eigenvalue weighted by atomic mass is 16.5. The Morgan fingerprint density at radius 3 is 2.47 bits per heavy atom. The van der Waals surface area contributed by atoms with Gasteiger partial charge in [0.05, 0.1) is 19.9 Å². The first-order valence-corrected chi connectivity index (χ1v) is 5.16. The fraction of sp³-hybridized carbons (Fsp3) is 0.154. The van der Waals surface area contributed by atoms with E-state index in [1.807, 2.05) is 0 Å². The van der Waals surface area contributed by atoms with Crippen LogP contribution in [0.15, 0.2) is 36.5 Å². The van der Waals surface area contributed by atoms with Crippen molar-refractivity contribution in [1.82, 2.24) is 4.98 Å². The summed E-state index contributed by atoms with van der Waals surface area (Å²) in [6.45, 7) is 0. The van der Waals surface area contributed by atoms with Crippen LogP contribution in [0.25, 0.3) is 0 Å². The molecule has 1 heterocycles. The lowest BCUT2D eigenvalue weighted by Crippen LogP contribution is -2.02. The maximum absolute atomic E-state index is 12.0. The van der Waals surface area contributed by atoms with E-state index in [4.69, 9.17) is 9.47 Å². The van der Waals surface area contributed by atoms with E-state index >= 15 is 0 Å². The van der Waals surface area contributed by atoms with Gasteiger partial charge < -0.3 is 14.5 Å². The van der Waals surface area contributed by atoms with Crippen molar-refractivity contribution in [1.29, 1.82) is 0 Å². The minimum absolute atomic E-state index is 0.0732. The van der Waals surface area contributed by atoms with Crippen LogP contribution in [-0.4, -0.2) is 25.0 Å². The van der Waals surface area contributed by atoms with Crippen molar-refractivity contribution in [3.05, 3.63) is 47.8 Å². The average molecular weight is 231 g/mol. The maximum atomic E-state index is 12.0. The zero-order valence-corrected chi connectivity index (χ0v) is 9.69. The van der Waals surface area contributed by atoms with Crippen molar-refractivity contribution >= 4 is 5.78 Å². The fourth-order valence-electron chi connectivity index (χ4n) is 1.60. The number of benzene rings is 1. The molecule has 0 aliphatic carbocycles. The largest absolute Gasteiger partial charge is 0.493 e. The molecule has 0 bridgehead atoms. The monoisotopic (exact) mass is 231 g/mol. The molecule has 2 aromatic rings. The Morgan fingerprint density at radius 1 is 1.12 bits per heavy atom. The van der Waals surface area contributed by atoms with Crippen molar-refractivity contribution in [2.24, 2.45) is 0 Å². The number of hydrogen-bond donors (Lipinski definition) is 1. The minimum Gasteiger partial charge on any atom is -0.493 e. The summed E-state index contributed by atoms with van der Waals surface area (Å²) in [6.07, 6.45) is 1.72. The van der Waals surface area contributed by atoms with Gasteiger partial charge in [-0.05, 0) is 30.3 Å². The molecule has 0 fully saturated rings. The van der Waals surface area contributed by atoms with Crippen molar-refractivity contribution < 1.29 is 14.3 Å². The van der Waals surface area contributed by atoms with Gasteiger partial charge in [0.2, 0.25) is 5.78 Å². The van der Waals surface area contributed by atoms with Crippen LogP contribution in [0.2, 0.25) is 0 Å². The summed E-state index contributed by atoms with van der Waals surface area (Å²) >= 11 is 0. The molecule has 0 unspecified atom stereocenters. The molecule has 0 saturated heterocycles. The summed E-state index contributed by atoms with van der Waals surface area (Å²) in [5, 5.41) is 0. The van der Waals surface area contributed by atoms with Gasteiger partial charge in [0, 0.05) is 11.8 Å². The van der Waals surface area contributed by atoms with Gasteiger partial charge in [0.15, 0.2) is 11.5 Å². The molecule has 0 aliphatic heterocycles. The molecule has 17 heavy (non-hydrogen) atoms. The number of carbonyl (C=O) groups excluding carboxylic acids is 1. The van der Waals surface area contributed by atoms with Crippen LogP contribution in [0.1, 0.15) is 16.1 Å². The van der Waals surface area contributed by atoms with Gasteiger partial charge in [-0.1, -0.05) is 0 Å². The van der Waals surface area contributed by atoms with Gasteiger partial charge in [-0.25, -0.2) is 0 Å². The fourth-order valence-corrected chi connectivity index (χ4v) is 1.60. The molecule has 0 spiro atoms. The quantitative estimate of drug-likeness (QED) is 0.821. The smallest absolute Gasteiger partial charge is 0.209 e. The summed E-state index contributed by atoms with van der Waals surface area (Å²) in [7, 11) is 3.10. The molecular formula is C13H13NO3. The second-order valence-electron chi connectivity index (χ2n) is 3.48. The molecule has 0 saturated carbocycles. The summed E-state index contributed by atoms with van der Waals surface area (Å²) in [4.78, 5) is 14.9. The van der Waals surface area contributed by atoms with Crippen LogP contribution < -0.4 is 9.47 Å². The molecule has 0 aliphatic rings. The molecule has 4 nitrogen and oxygen atoms in total. The molecule has 1 aromatic heterocycles. The lowest BCUT2D eigenvalue weighted by Gasteiger charge is -2.08. The van der Waals surface area contributed by atoms with Crippen molar-refractivity contribution in [2.45, 2.75) is 0 Å². The van der Waals surface area contributed by atoms with Gasteiger partial charge in [0.1, 0.15) is 0 Å². The van der Waals surface area contributed by atoms with E-state index in [1.165, 1.54) is 0 Å². The number of aromatic amines is 1. The lowest BCUT2D eigenvalue weighted by molar-refractivity contribution is 0.103. The number of H-pyrrole nitrogens is 1. The number of rotatable bonds is 4. The molecule has 88 valence electrons.